The number of halogens is 1. The minimum absolute atomic E-state index is 0.109. The molecule has 1 aromatic carbocycles. The molecular weight excluding hydrogens is 252 g/mol. The summed E-state index contributed by atoms with van der Waals surface area (Å²) >= 11 is 3.16. The van der Waals surface area contributed by atoms with Gasteiger partial charge in [0.25, 0.3) is 0 Å². The average molecular weight is 261 g/mol. The van der Waals surface area contributed by atoms with Crippen LogP contribution in [0.3, 0.4) is 0 Å². The Labute approximate surface area is 88.9 Å². The molecule has 0 radical (unpaired) electrons. The number of carbonyl (C=O) groups is 1. The second-order valence-corrected chi connectivity index (χ2v) is 3.73. The first-order chi connectivity index (χ1) is 6.50. The number of aliphatic hydroxyl groups is 1. The van der Waals surface area contributed by atoms with Gasteiger partial charge in [-0.25, -0.2) is 0 Å². The third kappa shape index (κ3) is 2.71. The van der Waals surface area contributed by atoms with Crippen LogP contribution in [0.5, 0.6) is 5.75 Å². The number of benzene rings is 1. The first kappa shape index (κ1) is 11.0. The minimum atomic E-state index is -1.19. The molecule has 1 rings (SSSR count). The number of hydrogen-bond acceptors (Lipinski definition) is 3. The van der Waals surface area contributed by atoms with Crippen LogP contribution in [0.15, 0.2) is 22.7 Å². The summed E-state index contributed by atoms with van der Waals surface area (Å²) in [6.07, 6.45) is -1.62. The molecule has 0 spiro atoms. The van der Waals surface area contributed by atoms with E-state index in [1.807, 2.05) is 0 Å². The Bertz CT molecular complexity index is 351. The van der Waals surface area contributed by atoms with Crippen LogP contribution < -0.4 is 0 Å². The molecule has 3 N–H and O–H groups in total. The van der Waals surface area contributed by atoms with E-state index in [4.69, 9.17) is 5.11 Å². The number of carboxylic acid groups (broad SMARTS) is 1. The fourth-order valence-electron chi connectivity index (χ4n) is 1.07. The molecule has 0 bridgehead atoms. The SMILES string of the molecule is O=C(O)C[C@H](O)c1cc(Br)ccc1O. The van der Waals surface area contributed by atoms with E-state index in [0.717, 1.165) is 0 Å². The Hall–Kier alpha value is -1.07. The van der Waals surface area contributed by atoms with Gasteiger partial charge in [-0.1, -0.05) is 15.9 Å². The first-order valence-corrected chi connectivity index (χ1v) is 4.68. The van der Waals surface area contributed by atoms with Gasteiger partial charge in [0.15, 0.2) is 0 Å². The zero-order valence-corrected chi connectivity index (χ0v) is 8.73. The Morgan fingerprint density at radius 2 is 2.14 bits per heavy atom. The molecule has 0 heterocycles. The highest BCUT2D eigenvalue weighted by atomic mass is 79.9. The summed E-state index contributed by atoms with van der Waals surface area (Å²) in [5, 5.41) is 27.2. The Morgan fingerprint density at radius 1 is 1.50 bits per heavy atom. The monoisotopic (exact) mass is 260 g/mol. The predicted octanol–water partition coefficient (Wildman–Crippen LogP) is 1.66. The summed E-state index contributed by atoms with van der Waals surface area (Å²) < 4.78 is 0.676. The Balaban J connectivity index is 2.93. The van der Waals surface area contributed by atoms with E-state index >= 15 is 0 Å². The van der Waals surface area contributed by atoms with Crippen molar-refractivity contribution in [2.24, 2.45) is 0 Å². The van der Waals surface area contributed by atoms with E-state index in [1.165, 1.54) is 12.1 Å². The minimum Gasteiger partial charge on any atom is -0.508 e. The Kier molecular flexibility index (Phi) is 3.49. The van der Waals surface area contributed by atoms with Crippen LogP contribution in [0.1, 0.15) is 18.1 Å². The van der Waals surface area contributed by atoms with E-state index in [-0.39, 0.29) is 11.3 Å². The molecule has 14 heavy (non-hydrogen) atoms. The molecule has 0 aliphatic rings. The number of hydrogen-bond donors (Lipinski definition) is 3. The highest BCUT2D eigenvalue weighted by molar-refractivity contribution is 9.10. The first-order valence-electron chi connectivity index (χ1n) is 3.89. The lowest BCUT2D eigenvalue weighted by Gasteiger charge is -2.10. The maximum absolute atomic E-state index is 10.3. The lowest BCUT2D eigenvalue weighted by atomic mass is 10.1. The maximum Gasteiger partial charge on any atom is 0.306 e. The third-order valence-electron chi connectivity index (χ3n) is 1.72. The largest absolute Gasteiger partial charge is 0.508 e. The van der Waals surface area contributed by atoms with E-state index < -0.39 is 18.5 Å². The van der Waals surface area contributed by atoms with Gasteiger partial charge in [0, 0.05) is 10.0 Å². The average Bonchev–Trinajstić information content (AvgIpc) is 2.08. The van der Waals surface area contributed by atoms with Crippen molar-refractivity contribution in [2.75, 3.05) is 0 Å². The van der Waals surface area contributed by atoms with Gasteiger partial charge in [-0.3, -0.25) is 4.79 Å². The van der Waals surface area contributed by atoms with Crippen LogP contribution in [-0.2, 0) is 4.79 Å². The summed E-state index contributed by atoms with van der Waals surface area (Å²) in [7, 11) is 0. The number of phenols is 1. The second kappa shape index (κ2) is 4.43. The molecule has 1 aromatic rings. The van der Waals surface area contributed by atoms with Crippen LogP contribution in [0.2, 0.25) is 0 Å². The van der Waals surface area contributed by atoms with Gasteiger partial charge >= 0.3 is 5.97 Å². The summed E-state index contributed by atoms with van der Waals surface area (Å²) in [6.45, 7) is 0. The van der Waals surface area contributed by atoms with Gasteiger partial charge < -0.3 is 15.3 Å². The molecule has 4 nitrogen and oxygen atoms in total. The molecule has 0 unspecified atom stereocenters. The van der Waals surface area contributed by atoms with E-state index in [9.17, 15) is 15.0 Å². The maximum atomic E-state index is 10.3. The summed E-state index contributed by atoms with van der Waals surface area (Å²) in [5.41, 5.74) is 0.210. The van der Waals surface area contributed by atoms with Crippen molar-refractivity contribution < 1.29 is 20.1 Å². The fourth-order valence-corrected chi connectivity index (χ4v) is 1.45. The fraction of sp³-hybridized carbons (Fsp3) is 0.222. The van der Waals surface area contributed by atoms with Gasteiger partial charge in [-0.15, -0.1) is 0 Å². The molecule has 5 heteroatoms. The van der Waals surface area contributed by atoms with E-state index in [2.05, 4.69) is 15.9 Å². The van der Waals surface area contributed by atoms with Crippen LogP contribution >= 0.6 is 15.9 Å². The number of rotatable bonds is 3. The Morgan fingerprint density at radius 3 is 2.71 bits per heavy atom. The number of aliphatic hydroxyl groups excluding tert-OH is 1. The smallest absolute Gasteiger partial charge is 0.306 e. The number of carboxylic acids is 1. The van der Waals surface area contributed by atoms with Gasteiger partial charge in [0.1, 0.15) is 5.75 Å². The molecule has 0 saturated carbocycles. The quantitative estimate of drug-likeness (QED) is 0.773. The standard InChI is InChI=1S/C9H9BrO4/c10-5-1-2-7(11)6(3-5)8(12)4-9(13)14/h1-3,8,11-12H,4H2,(H,13,14)/t8-/m0/s1. The van der Waals surface area contributed by atoms with E-state index in [0.29, 0.717) is 4.47 Å². The summed E-state index contributed by atoms with van der Waals surface area (Å²) in [5.74, 6) is -1.22. The van der Waals surface area contributed by atoms with Crippen molar-refractivity contribution in [3.8, 4) is 5.75 Å². The van der Waals surface area contributed by atoms with Crippen LogP contribution in [-0.4, -0.2) is 21.3 Å². The van der Waals surface area contributed by atoms with Crippen molar-refractivity contribution in [3.63, 3.8) is 0 Å². The third-order valence-corrected chi connectivity index (χ3v) is 2.21. The molecule has 0 aliphatic heterocycles. The molecule has 76 valence electrons. The van der Waals surface area contributed by atoms with Crippen molar-refractivity contribution in [2.45, 2.75) is 12.5 Å². The molecule has 0 aliphatic carbocycles. The number of phenolic OH excluding ortho intramolecular Hbond substituents is 1. The molecule has 0 saturated heterocycles. The van der Waals surface area contributed by atoms with E-state index in [1.54, 1.807) is 6.07 Å². The highest BCUT2D eigenvalue weighted by Gasteiger charge is 2.15. The van der Waals surface area contributed by atoms with Crippen molar-refractivity contribution in [3.05, 3.63) is 28.2 Å². The van der Waals surface area contributed by atoms with Crippen LogP contribution in [0.4, 0.5) is 0 Å². The van der Waals surface area contributed by atoms with Gasteiger partial charge in [0.05, 0.1) is 12.5 Å². The predicted molar refractivity (Wildman–Crippen MR) is 53.0 cm³/mol. The molecule has 0 aromatic heterocycles. The highest BCUT2D eigenvalue weighted by Crippen LogP contribution is 2.29. The second-order valence-electron chi connectivity index (χ2n) is 2.82. The molecule has 1 atom stereocenters. The molecular formula is C9H9BrO4. The van der Waals surface area contributed by atoms with Crippen molar-refractivity contribution in [1.29, 1.82) is 0 Å². The summed E-state index contributed by atoms with van der Waals surface area (Å²) in [6, 6.07) is 4.49. The van der Waals surface area contributed by atoms with Crippen LogP contribution in [0, 0.1) is 0 Å². The van der Waals surface area contributed by atoms with Crippen molar-refractivity contribution >= 4 is 21.9 Å². The number of aromatic hydroxyl groups is 1. The van der Waals surface area contributed by atoms with Crippen LogP contribution in [0.25, 0.3) is 0 Å². The topological polar surface area (TPSA) is 77.8 Å². The zero-order chi connectivity index (χ0) is 10.7. The molecule has 0 fully saturated rings. The number of aliphatic carboxylic acids is 1. The lowest BCUT2D eigenvalue weighted by Crippen LogP contribution is -2.05. The normalized spacial score (nSPS) is 12.4. The van der Waals surface area contributed by atoms with Crippen molar-refractivity contribution in [1.82, 2.24) is 0 Å². The molecule has 0 amide bonds. The lowest BCUT2D eigenvalue weighted by molar-refractivity contribution is -0.139. The van der Waals surface area contributed by atoms with Gasteiger partial charge in [0.2, 0.25) is 0 Å². The zero-order valence-electron chi connectivity index (χ0n) is 7.14. The van der Waals surface area contributed by atoms with Gasteiger partial charge in [-0.2, -0.15) is 0 Å². The van der Waals surface area contributed by atoms with Gasteiger partial charge in [-0.05, 0) is 18.2 Å². The summed E-state index contributed by atoms with van der Waals surface area (Å²) in [4.78, 5) is 10.3.